The minimum absolute atomic E-state index is 0.330. The summed E-state index contributed by atoms with van der Waals surface area (Å²) >= 11 is 6.24. The summed E-state index contributed by atoms with van der Waals surface area (Å²) in [5.41, 5.74) is 2.81. The summed E-state index contributed by atoms with van der Waals surface area (Å²) in [7, 11) is 0. The van der Waals surface area contributed by atoms with Crippen LogP contribution in [0.5, 0.6) is 11.5 Å². The van der Waals surface area contributed by atoms with E-state index in [1.807, 2.05) is 18.2 Å². The Kier molecular flexibility index (Phi) is 5.95. The number of benzene rings is 2. The van der Waals surface area contributed by atoms with Crippen LogP contribution >= 0.6 is 11.6 Å². The normalized spacial score (nSPS) is 12.5. The second-order valence-electron chi connectivity index (χ2n) is 7.15. The maximum atomic E-state index is 12.7. The second kappa shape index (κ2) is 8.81. The van der Waals surface area contributed by atoms with E-state index in [2.05, 4.69) is 5.10 Å². The standard InChI is InChI=1S/C23H21ClN2O5/c1-14-22(15(2)26(25-14)12-17-5-3-4-6-18(17)24)23(28)31-13-19(27)16-7-8-20-21(11-16)30-10-9-29-20/h3-8,11H,9-10,12-13H2,1-2H3. The summed E-state index contributed by atoms with van der Waals surface area (Å²) in [5.74, 6) is 0.184. The number of esters is 1. The molecule has 3 aromatic rings. The van der Waals surface area contributed by atoms with E-state index in [4.69, 9.17) is 25.8 Å². The number of hydrogen-bond donors (Lipinski definition) is 0. The van der Waals surface area contributed by atoms with Gasteiger partial charge in [0.25, 0.3) is 0 Å². The summed E-state index contributed by atoms with van der Waals surface area (Å²) in [6.45, 7) is 4.46. The fraction of sp³-hybridized carbons (Fsp3) is 0.261. The molecule has 8 heteroatoms. The number of aryl methyl sites for hydroxylation is 1. The predicted octanol–water partition coefficient (Wildman–Crippen LogP) is 4.01. The molecule has 1 aliphatic heterocycles. The molecule has 0 radical (unpaired) electrons. The molecule has 1 aliphatic rings. The van der Waals surface area contributed by atoms with Crippen LogP contribution in [0.4, 0.5) is 0 Å². The molecule has 160 valence electrons. The SMILES string of the molecule is Cc1nn(Cc2ccccc2Cl)c(C)c1C(=O)OCC(=O)c1ccc2c(c1)OCCO2. The number of Topliss-reactive ketones (excluding diaryl/α,β-unsaturated/α-hetero) is 1. The third-order valence-corrected chi connectivity index (χ3v) is 5.43. The zero-order valence-corrected chi connectivity index (χ0v) is 17.9. The first-order chi connectivity index (χ1) is 14.9. The van der Waals surface area contributed by atoms with Crippen LogP contribution in [-0.4, -0.2) is 41.4 Å². The van der Waals surface area contributed by atoms with E-state index in [9.17, 15) is 9.59 Å². The molecule has 0 unspecified atom stereocenters. The van der Waals surface area contributed by atoms with Gasteiger partial charge in [-0.25, -0.2) is 4.79 Å². The average molecular weight is 441 g/mol. The molecule has 0 aliphatic carbocycles. The van der Waals surface area contributed by atoms with E-state index in [0.717, 1.165) is 5.56 Å². The zero-order chi connectivity index (χ0) is 22.0. The molecule has 2 heterocycles. The fourth-order valence-electron chi connectivity index (χ4n) is 3.44. The van der Waals surface area contributed by atoms with Gasteiger partial charge in [-0.15, -0.1) is 0 Å². The highest BCUT2D eigenvalue weighted by molar-refractivity contribution is 6.31. The molecule has 31 heavy (non-hydrogen) atoms. The van der Waals surface area contributed by atoms with Crippen molar-refractivity contribution in [2.45, 2.75) is 20.4 Å². The van der Waals surface area contributed by atoms with Gasteiger partial charge in [-0.2, -0.15) is 5.10 Å². The van der Waals surface area contributed by atoms with E-state index in [-0.39, 0.29) is 12.4 Å². The zero-order valence-electron chi connectivity index (χ0n) is 17.2. The van der Waals surface area contributed by atoms with Gasteiger partial charge in [0.2, 0.25) is 0 Å². The highest BCUT2D eigenvalue weighted by atomic mass is 35.5. The van der Waals surface area contributed by atoms with Crippen molar-refractivity contribution >= 4 is 23.4 Å². The van der Waals surface area contributed by atoms with Gasteiger partial charge in [-0.05, 0) is 43.7 Å². The van der Waals surface area contributed by atoms with Crippen LogP contribution in [0.3, 0.4) is 0 Å². The minimum atomic E-state index is -0.591. The van der Waals surface area contributed by atoms with E-state index < -0.39 is 5.97 Å². The Bertz CT molecular complexity index is 1150. The maximum absolute atomic E-state index is 12.7. The highest BCUT2D eigenvalue weighted by Crippen LogP contribution is 2.31. The molecule has 0 spiro atoms. The van der Waals surface area contributed by atoms with Crippen molar-refractivity contribution in [3.8, 4) is 11.5 Å². The van der Waals surface area contributed by atoms with Gasteiger partial charge in [0.05, 0.1) is 17.9 Å². The number of ether oxygens (including phenoxy) is 3. The van der Waals surface area contributed by atoms with Crippen LogP contribution in [0.2, 0.25) is 5.02 Å². The third-order valence-electron chi connectivity index (χ3n) is 5.06. The van der Waals surface area contributed by atoms with Crippen LogP contribution in [-0.2, 0) is 11.3 Å². The number of aromatic nitrogens is 2. The van der Waals surface area contributed by atoms with Crippen molar-refractivity contribution in [2.75, 3.05) is 19.8 Å². The lowest BCUT2D eigenvalue weighted by atomic mass is 10.1. The second-order valence-corrected chi connectivity index (χ2v) is 7.56. The molecule has 0 saturated heterocycles. The molecule has 0 amide bonds. The van der Waals surface area contributed by atoms with Crippen LogP contribution < -0.4 is 9.47 Å². The first-order valence-corrected chi connectivity index (χ1v) is 10.2. The predicted molar refractivity (Wildman–Crippen MR) is 114 cm³/mol. The summed E-state index contributed by atoms with van der Waals surface area (Å²) in [6, 6.07) is 12.4. The van der Waals surface area contributed by atoms with Crippen LogP contribution in [0.15, 0.2) is 42.5 Å². The number of carbonyl (C=O) groups is 2. The summed E-state index contributed by atoms with van der Waals surface area (Å²) in [4.78, 5) is 25.2. The first kappa shape index (κ1) is 20.9. The summed E-state index contributed by atoms with van der Waals surface area (Å²) in [5, 5.41) is 5.07. The number of carbonyl (C=O) groups excluding carboxylic acids is 2. The Labute approximate surface area is 184 Å². The van der Waals surface area contributed by atoms with Gasteiger partial charge in [0.15, 0.2) is 23.9 Å². The lowest BCUT2D eigenvalue weighted by Gasteiger charge is -2.18. The molecule has 0 fully saturated rings. The van der Waals surface area contributed by atoms with Crippen LogP contribution in [0.1, 0.15) is 37.7 Å². The summed E-state index contributed by atoms with van der Waals surface area (Å²) in [6.07, 6.45) is 0. The molecule has 0 N–H and O–H groups in total. The summed E-state index contributed by atoms with van der Waals surface area (Å²) < 4.78 is 18.0. The van der Waals surface area contributed by atoms with E-state index in [0.29, 0.717) is 58.8 Å². The first-order valence-electron chi connectivity index (χ1n) is 9.81. The Morgan fingerprint density at radius 3 is 2.61 bits per heavy atom. The number of fused-ring (bicyclic) bond motifs is 1. The monoisotopic (exact) mass is 440 g/mol. The topological polar surface area (TPSA) is 79.7 Å². The number of halogens is 1. The molecular formula is C23H21ClN2O5. The number of ketones is 1. The molecule has 7 nitrogen and oxygen atoms in total. The number of hydrogen-bond acceptors (Lipinski definition) is 6. The van der Waals surface area contributed by atoms with Gasteiger partial charge < -0.3 is 14.2 Å². The molecule has 0 atom stereocenters. The molecule has 2 aromatic carbocycles. The largest absolute Gasteiger partial charge is 0.486 e. The molecule has 4 rings (SSSR count). The lowest BCUT2D eigenvalue weighted by Crippen LogP contribution is -2.18. The smallest absolute Gasteiger partial charge is 0.342 e. The molecular weight excluding hydrogens is 420 g/mol. The highest BCUT2D eigenvalue weighted by Gasteiger charge is 2.22. The van der Waals surface area contributed by atoms with Gasteiger partial charge in [-0.1, -0.05) is 29.8 Å². The van der Waals surface area contributed by atoms with E-state index in [1.54, 1.807) is 42.8 Å². The van der Waals surface area contributed by atoms with Crippen LogP contribution in [0, 0.1) is 13.8 Å². The minimum Gasteiger partial charge on any atom is -0.486 e. The molecule has 0 saturated carbocycles. The number of rotatable bonds is 6. The van der Waals surface area contributed by atoms with Gasteiger partial charge in [-0.3, -0.25) is 9.48 Å². The Hall–Kier alpha value is -3.32. The lowest BCUT2D eigenvalue weighted by molar-refractivity contribution is 0.0473. The fourth-order valence-corrected chi connectivity index (χ4v) is 3.63. The molecule has 0 bridgehead atoms. The van der Waals surface area contributed by atoms with Crippen molar-refractivity contribution < 1.29 is 23.8 Å². The maximum Gasteiger partial charge on any atom is 0.342 e. The van der Waals surface area contributed by atoms with Crippen molar-refractivity contribution in [1.29, 1.82) is 0 Å². The van der Waals surface area contributed by atoms with Gasteiger partial charge >= 0.3 is 5.97 Å². The van der Waals surface area contributed by atoms with E-state index in [1.165, 1.54) is 0 Å². The van der Waals surface area contributed by atoms with Crippen LogP contribution in [0.25, 0.3) is 0 Å². The quantitative estimate of drug-likeness (QED) is 0.425. The van der Waals surface area contributed by atoms with Gasteiger partial charge in [0, 0.05) is 10.6 Å². The van der Waals surface area contributed by atoms with E-state index >= 15 is 0 Å². The van der Waals surface area contributed by atoms with Crippen molar-refractivity contribution in [2.24, 2.45) is 0 Å². The Morgan fingerprint density at radius 2 is 1.84 bits per heavy atom. The van der Waals surface area contributed by atoms with Crippen molar-refractivity contribution in [1.82, 2.24) is 9.78 Å². The van der Waals surface area contributed by atoms with Crippen molar-refractivity contribution in [3.05, 3.63) is 75.6 Å². The molecule has 1 aromatic heterocycles. The number of nitrogens with zero attached hydrogens (tertiary/aromatic N) is 2. The van der Waals surface area contributed by atoms with Crippen molar-refractivity contribution in [3.63, 3.8) is 0 Å². The van der Waals surface area contributed by atoms with Gasteiger partial charge in [0.1, 0.15) is 18.8 Å². The Morgan fingerprint density at radius 1 is 1.10 bits per heavy atom. The average Bonchev–Trinajstić information content (AvgIpc) is 3.06. The Balaban J connectivity index is 1.44. The third kappa shape index (κ3) is 4.41.